The quantitative estimate of drug-likeness (QED) is 0.786. The maximum atomic E-state index is 12.1. The smallest absolute Gasteiger partial charge is 0.496 e. The largest absolute Gasteiger partial charge is 0.573 e. The zero-order valence-corrected chi connectivity index (χ0v) is 10.5. The van der Waals surface area contributed by atoms with Gasteiger partial charge < -0.3 is 14.2 Å². The van der Waals surface area contributed by atoms with E-state index < -0.39 is 6.36 Å². The van der Waals surface area contributed by atoms with E-state index in [4.69, 9.17) is 9.47 Å². The highest BCUT2D eigenvalue weighted by Crippen LogP contribution is 2.40. The Kier molecular flexibility index (Phi) is 4.11. The van der Waals surface area contributed by atoms with Gasteiger partial charge >= 0.3 is 6.36 Å². The lowest BCUT2D eigenvalue weighted by molar-refractivity contribution is -0.275. The Labute approximate surface area is 104 Å². The van der Waals surface area contributed by atoms with Crippen molar-refractivity contribution in [2.45, 2.75) is 6.36 Å². The van der Waals surface area contributed by atoms with Gasteiger partial charge in [-0.2, -0.15) is 0 Å². The first-order valence-electron chi connectivity index (χ1n) is 4.05. The van der Waals surface area contributed by atoms with Crippen LogP contribution >= 0.6 is 22.6 Å². The van der Waals surface area contributed by atoms with Gasteiger partial charge in [0, 0.05) is 0 Å². The molecule has 0 aromatic heterocycles. The number of rotatable bonds is 3. The third kappa shape index (κ3) is 3.06. The lowest BCUT2D eigenvalue weighted by Crippen LogP contribution is -2.17. The minimum atomic E-state index is -4.75. The van der Waals surface area contributed by atoms with Crippen LogP contribution in [0.4, 0.5) is 13.2 Å². The summed E-state index contributed by atoms with van der Waals surface area (Å²) in [5, 5.41) is 0. The van der Waals surface area contributed by atoms with Crippen LogP contribution in [0.1, 0.15) is 0 Å². The topological polar surface area (TPSA) is 27.7 Å². The van der Waals surface area contributed by atoms with Crippen LogP contribution in [0, 0.1) is 3.57 Å². The van der Waals surface area contributed by atoms with Crippen molar-refractivity contribution in [2.75, 3.05) is 14.2 Å². The summed E-state index contributed by atoms with van der Waals surface area (Å²) in [4.78, 5) is 0. The van der Waals surface area contributed by atoms with Crippen molar-refractivity contribution >= 4 is 22.6 Å². The average Bonchev–Trinajstić information content (AvgIpc) is 2.16. The van der Waals surface area contributed by atoms with Gasteiger partial charge in [-0.25, -0.2) is 0 Å². The number of hydrogen-bond donors (Lipinski definition) is 0. The molecule has 0 amide bonds. The lowest BCUT2D eigenvalue weighted by Gasteiger charge is -2.15. The highest BCUT2D eigenvalue weighted by Gasteiger charge is 2.33. The Hall–Kier alpha value is -0.860. The number of alkyl halides is 3. The van der Waals surface area contributed by atoms with E-state index in [0.29, 0.717) is 9.32 Å². The van der Waals surface area contributed by atoms with Crippen LogP contribution in [0.3, 0.4) is 0 Å². The van der Waals surface area contributed by atoms with Crippen LogP contribution in [0.25, 0.3) is 0 Å². The predicted molar refractivity (Wildman–Crippen MR) is 58.9 cm³/mol. The molecule has 0 spiro atoms. The van der Waals surface area contributed by atoms with Crippen LogP contribution in [-0.4, -0.2) is 20.6 Å². The van der Waals surface area contributed by atoms with Gasteiger partial charge in [0.05, 0.1) is 14.2 Å². The monoisotopic (exact) mass is 348 g/mol. The van der Waals surface area contributed by atoms with Crippen LogP contribution in [0.5, 0.6) is 17.2 Å². The summed E-state index contributed by atoms with van der Waals surface area (Å²) >= 11 is 1.82. The average molecular weight is 348 g/mol. The van der Waals surface area contributed by atoms with Crippen LogP contribution < -0.4 is 14.2 Å². The maximum absolute atomic E-state index is 12.1. The summed E-state index contributed by atoms with van der Waals surface area (Å²) in [5.74, 6) is 0.0319. The van der Waals surface area contributed by atoms with Crippen LogP contribution in [-0.2, 0) is 0 Å². The van der Waals surface area contributed by atoms with E-state index >= 15 is 0 Å². The Morgan fingerprint density at radius 1 is 1.06 bits per heavy atom. The highest BCUT2D eigenvalue weighted by molar-refractivity contribution is 14.1. The van der Waals surface area contributed by atoms with E-state index in [1.807, 2.05) is 22.6 Å². The van der Waals surface area contributed by atoms with Crippen molar-refractivity contribution < 1.29 is 27.4 Å². The summed E-state index contributed by atoms with van der Waals surface area (Å²) < 4.78 is 50.2. The summed E-state index contributed by atoms with van der Waals surface area (Å²) in [6, 6.07) is 2.53. The summed E-state index contributed by atoms with van der Waals surface area (Å²) in [7, 11) is 2.68. The van der Waals surface area contributed by atoms with Gasteiger partial charge in [-0.05, 0) is 34.7 Å². The second-order valence-corrected chi connectivity index (χ2v) is 3.74. The minimum Gasteiger partial charge on any atom is -0.496 e. The van der Waals surface area contributed by atoms with Gasteiger partial charge in [-0.15, -0.1) is 13.2 Å². The van der Waals surface area contributed by atoms with Crippen molar-refractivity contribution in [2.24, 2.45) is 0 Å². The molecule has 0 radical (unpaired) electrons. The third-order valence-electron chi connectivity index (χ3n) is 1.68. The molecule has 0 N–H and O–H groups in total. The third-order valence-corrected chi connectivity index (χ3v) is 2.70. The molecule has 0 atom stereocenters. The zero-order chi connectivity index (χ0) is 12.3. The SMILES string of the molecule is COc1ccc(OC(F)(F)F)c(OC)c1I. The second kappa shape index (κ2) is 4.98. The Balaban J connectivity index is 3.16. The van der Waals surface area contributed by atoms with Crippen molar-refractivity contribution in [3.63, 3.8) is 0 Å². The van der Waals surface area contributed by atoms with E-state index in [1.54, 1.807) is 0 Å². The van der Waals surface area contributed by atoms with Gasteiger partial charge in [-0.3, -0.25) is 0 Å². The highest BCUT2D eigenvalue weighted by atomic mass is 127. The molecule has 0 aliphatic rings. The number of halogens is 4. The van der Waals surface area contributed by atoms with Gasteiger partial charge in [-0.1, -0.05) is 0 Å². The molecule has 3 nitrogen and oxygen atoms in total. The van der Waals surface area contributed by atoms with E-state index in [-0.39, 0.29) is 11.5 Å². The van der Waals surface area contributed by atoms with E-state index in [9.17, 15) is 13.2 Å². The van der Waals surface area contributed by atoms with Gasteiger partial charge in [0.1, 0.15) is 9.32 Å². The maximum Gasteiger partial charge on any atom is 0.573 e. The van der Waals surface area contributed by atoms with Crippen molar-refractivity contribution in [3.8, 4) is 17.2 Å². The molecule has 1 aromatic carbocycles. The molecule has 0 aliphatic heterocycles. The fourth-order valence-electron chi connectivity index (χ4n) is 1.07. The normalized spacial score (nSPS) is 11.1. The number of hydrogen-bond acceptors (Lipinski definition) is 3. The molecule has 90 valence electrons. The standard InChI is InChI=1S/C9H8F3IO3/c1-14-5-3-4-6(16-9(10,11)12)8(15-2)7(5)13/h3-4H,1-2H3. The Morgan fingerprint density at radius 3 is 2.06 bits per heavy atom. The molecule has 0 aliphatic carbocycles. The number of methoxy groups -OCH3 is 2. The fourth-order valence-corrected chi connectivity index (χ4v) is 1.96. The Morgan fingerprint density at radius 2 is 1.62 bits per heavy atom. The lowest BCUT2D eigenvalue weighted by atomic mass is 10.3. The molecule has 7 heteroatoms. The second-order valence-electron chi connectivity index (χ2n) is 2.66. The molecule has 0 unspecified atom stereocenters. The first-order valence-corrected chi connectivity index (χ1v) is 5.13. The summed E-state index contributed by atoms with van der Waals surface area (Å²) in [6.45, 7) is 0. The van der Waals surface area contributed by atoms with E-state index in [1.165, 1.54) is 20.3 Å². The predicted octanol–water partition coefficient (Wildman–Crippen LogP) is 3.21. The van der Waals surface area contributed by atoms with Crippen LogP contribution in [0.2, 0.25) is 0 Å². The molecular weight excluding hydrogens is 340 g/mol. The van der Waals surface area contributed by atoms with Gasteiger partial charge in [0.2, 0.25) is 0 Å². The van der Waals surface area contributed by atoms with Gasteiger partial charge in [0.25, 0.3) is 0 Å². The first-order chi connectivity index (χ1) is 7.39. The zero-order valence-electron chi connectivity index (χ0n) is 8.39. The molecule has 1 rings (SSSR count). The van der Waals surface area contributed by atoms with Crippen molar-refractivity contribution in [1.82, 2.24) is 0 Å². The number of ether oxygens (including phenoxy) is 3. The van der Waals surface area contributed by atoms with Crippen LogP contribution in [0.15, 0.2) is 12.1 Å². The van der Waals surface area contributed by atoms with Gasteiger partial charge in [0.15, 0.2) is 11.5 Å². The molecule has 0 saturated heterocycles. The molecule has 16 heavy (non-hydrogen) atoms. The molecular formula is C9H8F3IO3. The minimum absolute atomic E-state index is 0.00252. The fraction of sp³-hybridized carbons (Fsp3) is 0.333. The summed E-state index contributed by atoms with van der Waals surface area (Å²) in [6.07, 6.45) is -4.75. The number of benzene rings is 1. The molecule has 1 aromatic rings. The molecule has 0 bridgehead atoms. The Bertz CT molecular complexity index is 379. The van der Waals surface area contributed by atoms with E-state index in [2.05, 4.69) is 4.74 Å². The first kappa shape index (κ1) is 13.2. The summed E-state index contributed by atoms with van der Waals surface area (Å²) in [5.41, 5.74) is 0. The van der Waals surface area contributed by atoms with Crippen molar-refractivity contribution in [1.29, 1.82) is 0 Å². The van der Waals surface area contributed by atoms with Crippen molar-refractivity contribution in [3.05, 3.63) is 15.7 Å². The van der Waals surface area contributed by atoms with E-state index in [0.717, 1.165) is 6.07 Å². The molecule has 0 saturated carbocycles. The molecule has 0 fully saturated rings. The molecule has 0 heterocycles.